The van der Waals surface area contributed by atoms with Gasteiger partial charge in [-0.1, -0.05) is 17.7 Å². The summed E-state index contributed by atoms with van der Waals surface area (Å²) in [7, 11) is 0. The lowest BCUT2D eigenvalue weighted by molar-refractivity contribution is -0.162. The molecule has 0 bridgehead atoms. The maximum absolute atomic E-state index is 12.5. The van der Waals surface area contributed by atoms with Gasteiger partial charge in [-0.05, 0) is 46.8 Å². The highest BCUT2D eigenvalue weighted by Crippen LogP contribution is 2.33. The highest BCUT2D eigenvalue weighted by Gasteiger charge is 2.34. The van der Waals surface area contributed by atoms with E-state index in [9.17, 15) is 18.0 Å². The summed E-state index contributed by atoms with van der Waals surface area (Å²) in [5.41, 5.74) is 5.75. The van der Waals surface area contributed by atoms with Gasteiger partial charge in [-0.15, -0.1) is 11.3 Å². The number of H-pyrrole nitrogens is 1. The van der Waals surface area contributed by atoms with Gasteiger partial charge in [0.25, 0.3) is 0 Å². The van der Waals surface area contributed by atoms with Gasteiger partial charge in [0.1, 0.15) is 16.6 Å². The van der Waals surface area contributed by atoms with Gasteiger partial charge in [0.15, 0.2) is 0 Å². The van der Waals surface area contributed by atoms with E-state index in [2.05, 4.69) is 14.9 Å². The highest BCUT2D eigenvalue weighted by atomic mass is 35.5. The predicted molar refractivity (Wildman–Crippen MR) is 134 cm³/mol. The van der Waals surface area contributed by atoms with E-state index in [0.29, 0.717) is 39.1 Å². The summed E-state index contributed by atoms with van der Waals surface area (Å²) in [5.74, 6) is -0.0512. The number of pyridine rings is 1. The van der Waals surface area contributed by atoms with Crippen LogP contribution in [0.2, 0.25) is 4.34 Å². The molecule has 1 N–H and O–H groups in total. The fourth-order valence-corrected chi connectivity index (χ4v) is 5.37. The molecule has 1 aliphatic heterocycles. The summed E-state index contributed by atoms with van der Waals surface area (Å²) < 4.78 is 38.2. The molecular formula is C25H23ClF3N5OS. The SMILES string of the molecule is O=C(CC(F)(F)F)N1CCN(Cc2ccnc(Cc3nc4ccc(-c5ccsc5Cl)cc4[nH]3)c2)CC1. The van der Waals surface area contributed by atoms with E-state index in [1.165, 1.54) is 16.2 Å². The number of benzene rings is 1. The average Bonchev–Trinajstić information content (AvgIpc) is 3.43. The van der Waals surface area contributed by atoms with Crippen molar-refractivity contribution in [1.82, 2.24) is 24.8 Å². The number of rotatable bonds is 6. The number of hydrogen-bond acceptors (Lipinski definition) is 5. The standard InChI is InChI=1S/C25H23ClF3N5OS/c26-24-19(4-10-36-24)17-1-2-20-21(12-17)32-22(31-20)13-18-11-16(3-5-30-18)15-33-6-8-34(9-7-33)23(35)14-25(27,28)29/h1-5,10-12H,6-9,13-15H2,(H,31,32). The minimum absolute atomic E-state index is 0.296. The molecule has 1 amide bonds. The Bertz CT molecular complexity index is 1380. The first kappa shape index (κ1) is 24.7. The van der Waals surface area contributed by atoms with Crippen molar-refractivity contribution in [1.29, 1.82) is 0 Å². The fraction of sp³-hybridized carbons (Fsp3) is 0.320. The molecule has 1 aromatic carbocycles. The van der Waals surface area contributed by atoms with E-state index < -0.39 is 18.5 Å². The third-order valence-electron chi connectivity index (χ3n) is 6.17. The van der Waals surface area contributed by atoms with Crippen LogP contribution in [0.1, 0.15) is 23.5 Å². The first-order valence-electron chi connectivity index (χ1n) is 11.5. The lowest BCUT2D eigenvalue weighted by Gasteiger charge is -2.35. The Kier molecular flexibility index (Phi) is 7.00. The van der Waals surface area contributed by atoms with Crippen molar-refractivity contribution in [3.63, 3.8) is 0 Å². The number of aromatic nitrogens is 3. The quantitative estimate of drug-likeness (QED) is 0.354. The van der Waals surface area contributed by atoms with Crippen LogP contribution < -0.4 is 0 Å². The number of carbonyl (C=O) groups excluding carboxylic acids is 1. The van der Waals surface area contributed by atoms with Gasteiger partial charge in [0.2, 0.25) is 5.91 Å². The van der Waals surface area contributed by atoms with Crippen molar-refractivity contribution in [3.8, 4) is 11.1 Å². The Morgan fingerprint density at radius 2 is 1.92 bits per heavy atom. The summed E-state index contributed by atoms with van der Waals surface area (Å²) in [5, 5.41) is 1.96. The van der Waals surface area contributed by atoms with Crippen LogP contribution in [0.15, 0.2) is 48.0 Å². The number of hydrogen-bond donors (Lipinski definition) is 1. The number of carbonyl (C=O) groups is 1. The second kappa shape index (κ2) is 10.2. The van der Waals surface area contributed by atoms with Gasteiger partial charge in [0.05, 0.1) is 11.0 Å². The highest BCUT2D eigenvalue weighted by molar-refractivity contribution is 7.15. The molecule has 0 atom stereocenters. The number of imidazole rings is 1. The van der Waals surface area contributed by atoms with Gasteiger partial charge in [-0.3, -0.25) is 14.7 Å². The second-order valence-electron chi connectivity index (χ2n) is 8.80. The molecule has 6 nitrogen and oxygen atoms in total. The topological polar surface area (TPSA) is 65.1 Å². The van der Waals surface area contributed by atoms with Crippen molar-refractivity contribution in [2.45, 2.75) is 25.6 Å². The zero-order valence-electron chi connectivity index (χ0n) is 19.2. The molecule has 1 fully saturated rings. The molecule has 36 heavy (non-hydrogen) atoms. The molecule has 1 saturated heterocycles. The third-order valence-corrected chi connectivity index (χ3v) is 7.34. The normalized spacial score (nSPS) is 15.1. The fourth-order valence-electron chi connectivity index (χ4n) is 4.41. The zero-order chi connectivity index (χ0) is 25.3. The van der Waals surface area contributed by atoms with Crippen molar-refractivity contribution in [2.75, 3.05) is 26.2 Å². The van der Waals surface area contributed by atoms with Crippen LogP contribution in [0, 0.1) is 0 Å². The number of amides is 1. The first-order valence-corrected chi connectivity index (χ1v) is 12.7. The number of piperazine rings is 1. The van der Waals surface area contributed by atoms with E-state index in [0.717, 1.165) is 43.6 Å². The maximum Gasteiger partial charge on any atom is 0.397 e. The molecule has 3 aromatic heterocycles. The van der Waals surface area contributed by atoms with Crippen LogP contribution in [0.4, 0.5) is 13.2 Å². The van der Waals surface area contributed by atoms with E-state index in [-0.39, 0.29) is 0 Å². The smallest absolute Gasteiger partial charge is 0.342 e. The van der Waals surface area contributed by atoms with Gasteiger partial charge in [-0.25, -0.2) is 4.98 Å². The van der Waals surface area contributed by atoms with Crippen molar-refractivity contribution in [2.24, 2.45) is 0 Å². The first-order chi connectivity index (χ1) is 17.2. The zero-order valence-corrected chi connectivity index (χ0v) is 20.8. The van der Waals surface area contributed by atoms with E-state index in [4.69, 9.17) is 16.6 Å². The molecule has 0 unspecified atom stereocenters. The number of halogens is 4. The van der Waals surface area contributed by atoms with E-state index >= 15 is 0 Å². The molecule has 4 heterocycles. The lowest BCUT2D eigenvalue weighted by atomic mass is 10.1. The molecule has 0 saturated carbocycles. The summed E-state index contributed by atoms with van der Waals surface area (Å²) in [4.78, 5) is 27.8. The lowest BCUT2D eigenvalue weighted by Crippen LogP contribution is -2.49. The van der Waals surface area contributed by atoms with Crippen molar-refractivity contribution in [3.05, 3.63) is 69.4 Å². The number of thiophene rings is 1. The Labute approximate surface area is 214 Å². The Hall–Kier alpha value is -2.95. The largest absolute Gasteiger partial charge is 0.397 e. The molecule has 5 rings (SSSR count). The number of alkyl halides is 3. The van der Waals surface area contributed by atoms with Crippen molar-refractivity contribution >= 4 is 39.9 Å². The third kappa shape index (κ3) is 5.88. The second-order valence-corrected chi connectivity index (χ2v) is 10.3. The van der Waals surface area contributed by atoms with Crippen LogP contribution in [0.25, 0.3) is 22.2 Å². The summed E-state index contributed by atoms with van der Waals surface area (Å²) in [6.07, 6.45) is -3.57. The Morgan fingerprint density at radius 1 is 1.11 bits per heavy atom. The van der Waals surface area contributed by atoms with Crippen LogP contribution in [0.3, 0.4) is 0 Å². The number of nitrogens with zero attached hydrogens (tertiary/aromatic N) is 4. The number of aromatic amines is 1. The molecular weight excluding hydrogens is 511 g/mol. The molecule has 11 heteroatoms. The summed E-state index contributed by atoms with van der Waals surface area (Å²) in [6.45, 7) is 2.29. The van der Waals surface area contributed by atoms with Crippen LogP contribution in [-0.4, -0.2) is 63.0 Å². The average molecular weight is 534 g/mol. The van der Waals surface area contributed by atoms with Gasteiger partial charge >= 0.3 is 6.18 Å². The summed E-state index contributed by atoms with van der Waals surface area (Å²) in [6, 6.07) is 12.0. The number of nitrogens with one attached hydrogen (secondary N) is 1. The monoisotopic (exact) mass is 533 g/mol. The van der Waals surface area contributed by atoms with Gasteiger partial charge in [-0.2, -0.15) is 13.2 Å². The molecule has 0 spiro atoms. The van der Waals surface area contributed by atoms with Gasteiger partial charge < -0.3 is 9.88 Å². The summed E-state index contributed by atoms with van der Waals surface area (Å²) >= 11 is 7.79. The molecule has 4 aromatic rings. The Balaban J connectivity index is 1.21. The van der Waals surface area contributed by atoms with Crippen LogP contribution >= 0.6 is 22.9 Å². The van der Waals surface area contributed by atoms with Crippen molar-refractivity contribution < 1.29 is 18.0 Å². The minimum atomic E-state index is -4.47. The van der Waals surface area contributed by atoms with E-state index in [1.807, 2.05) is 41.8 Å². The van der Waals surface area contributed by atoms with Gasteiger partial charge in [0, 0.05) is 56.6 Å². The molecule has 0 radical (unpaired) electrons. The molecule has 0 aliphatic carbocycles. The molecule has 188 valence electrons. The van der Waals surface area contributed by atoms with E-state index in [1.54, 1.807) is 6.20 Å². The predicted octanol–water partition coefficient (Wildman–Crippen LogP) is 5.53. The number of fused-ring (bicyclic) bond motifs is 1. The van der Waals surface area contributed by atoms with Crippen LogP contribution in [-0.2, 0) is 17.8 Å². The maximum atomic E-state index is 12.5. The molecule has 1 aliphatic rings. The Morgan fingerprint density at radius 3 is 2.64 bits per heavy atom. The van der Waals surface area contributed by atoms with Crippen LogP contribution in [0.5, 0.6) is 0 Å². The minimum Gasteiger partial charge on any atom is -0.342 e.